The maximum Gasteiger partial charge on any atom is 0.351 e. The number of aliphatic hydroxyl groups is 1. The van der Waals surface area contributed by atoms with Gasteiger partial charge in [-0.3, -0.25) is 4.79 Å². The molecule has 0 bridgehead atoms. The maximum atomic E-state index is 11.4. The van der Waals surface area contributed by atoms with Crippen LogP contribution in [0.5, 0.6) is 0 Å². The monoisotopic (exact) mass is 244 g/mol. The van der Waals surface area contributed by atoms with E-state index in [0.29, 0.717) is 0 Å². The standard InChI is InChI=1S/C14H12O4/c1-8-3-5-10(6-4-8)7-11-13(16)12(9(2)15)14(17)18-11/h3-7,16H,1-2H3/b11-7-. The van der Waals surface area contributed by atoms with Crippen molar-refractivity contribution in [1.29, 1.82) is 0 Å². The molecule has 0 saturated carbocycles. The Morgan fingerprint density at radius 2 is 1.89 bits per heavy atom. The quantitative estimate of drug-likeness (QED) is 0.640. The summed E-state index contributed by atoms with van der Waals surface area (Å²) in [6.07, 6.45) is 1.52. The molecule has 0 atom stereocenters. The lowest BCUT2D eigenvalue weighted by Crippen LogP contribution is -2.06. The molecule has 18 heavy (non-hydrogen) atoms. The number of hydrogen-bond donors (Lipinski definition) is 1. The average Bonchev–Trinajstić information content (AvgIpc) is 2.57. The molecule has 1 aliphatic heterocycles. The zero-order chi connectivity index (χ0) is 13.3. The van der Waals surface area contributed by atoms with E-state index in [2.05, 4.69) is 0 Å². The van der Waals surface area contributed by atoms with E-state index >= 15 is 0 Å². The van der Waals surface area contributed by atoms with Crippen LogP contribution in [0.1, 0.15) is 18.1 Å². The number of ether oxygens (including phenoxy) is 1. The van der Waals surface area contributed by atoms with Gasteiger partial charge in [0.1, 0.15) is 5.57 Å². The number of ketones is 1. The summed E-state index contributed by atoms with van der Waals surface area (Å²) in [5, 5.41) is 9.75. The van der Waals surface area contributed by atoms with Crippen molar-refractivity contribution in [2.45, 2.75) is 13.8 Å². The molecule has 0 aliphatic carbocycles. The van der Waals surface area contributed by atoms with E-state index in [1.165, 1.54) is 13.0 Å². The molecule has 4 nitrogen and oxygen atoms in total. The zero-order valence-corrected chi connectivity index (χ0v) is 10.1. The summed E-state index contributed by atoms with van der Waals surface area (Å²) in [6, 6.07) is 7.45. The third-order valence-corrected chi connectivity index (χ3v) is 2.60. The summed E-state index contributed by atoms with van der Waals surface area (Å²) >= 11 is 0. The topological polar surface area (TPSA) is 63.6 Å². The first-order chi connectivity index (χ1) is 8.49. The third kappa shape index (κ3) is 2.18. The molecule has 0 unspecified atom stereocenters. The van der Waals surface area contributed by atoms with Gasteiger partial charge in [0.2, 0.25) is 0 Å². The Labute approximate surface area is 104 Å². The van der Waals surface area contributed by atoms with Gasteiger partial charge in [0.25, 0.3) is 0 Å². The van der Waals surface area contributed by atoms with Crippen molar-refractivity contribution in [3.8, 4) is 0 Å². The maximum absolute atomic E-state index is 11.4. The molecular formula is C14H12O4. The van der Waals surface area contributed by atoms with Crippen molar-refractivity contribution in [2.24, 2.45) is 0 Å². The highest BCUT2D eigenvalue weighted by Crippen LogP contribution is 2.26. The summed E-state index contributed by atoms with van der Waals surface area (Å²) < 4.78 is 4.86. The highest BCUT2D eigenvalue weighted by Gasteiger charge is 2.32. The fourth-order valence-corrected chi connectivity index (χ4v) is 1.64. The van der Waals surface area contributed by atoms with Crippen LogP contribution in [0.3, 0.4) is 0 Å². The number of carbonyl (C=O) groups is 2. The van der Waals surface area contributed by atoms with E-state index in [1.54, 1.807) is 0 Å². The van der Waals surface area contributed by atoms with Crippen molar-refractivity contribution in [2.75, 3.05) is 0 Å². The van der Waals surface area contributed by atoms with Crippen LogP contribution in [0.2, 0.25) is 0 Å². The summed E-state index contributed by atoms with van der Waals surface area (Å²) in [5.41, 5.74) is 1.58. The molecule has 0 radical (unpaired) electrons. The highest BCUT2D eigenvalue weighted by atomic mass is 16.6. The SMILES string of the molecule is CC(=O)C1=C(O)/C(=C/c2ccc(C)cc2)OC1=O. The first kappa shape index (κ1) is 12.1. The molecule has 0 aromatic heterocycles. The number of benzene rings is 1. The van der Waals surface area contributed by atoms with Crippen molar-refractivity contribution >= 4 is 17.8 Å². The van der Waals surface area contributed by atoms with E-state index < -0.39 is 17.5 Å². The lowest BCUT2D eigenvalue weighted by atomic mass is 10.1. The first-order valence-electron chi connectivity index (χ1n) is 5.44. The predicted octanol–water partition coefficient (Wildman–Crippen LogP) is 2.29. The Hall–Kier alpha value is -2.36. The Bertz CT molecular complexity index is 576. The van der Waals surface area contributed by atoms with E-state index in [0.717, 1.165) is 11.1 Å². The molecule has 92 valence electrons. The van der Waals surface area contributed by atoms with Crippen molar-refractivity contribution in [3.05, 3.63) is 52.5 Å². The van der Waals surface area contributed by atoms with Crippen LogP contribution in [0.25, 0.3) is 6.08 Å². The van der Waals surface area contributed by atoms with E-state index in [-0.39, 0.29) is 11.3 Å². The minimum Gasteiger partial charge on any atom is -0.504 e. The minimum atomic E-state index is -0.807. The van der Waals surface area contributed by atoms with Crippen LogP contribution in [0, 0.1) is 6.92 Å². The van der Waals surface area contributed by atoms with E-state index in [1.807, 2.05) is 31.2 Å². The van der Waals surface area contributed by atoms with Gasteiger partial charge in [-0.2, -0.15) is 0 Å². The molecule has 1 N–H and O–H groups in total. The highest BCUT2D eigenvalue weighted by molar-refractivity contribution is 6.19. The summed E-state index contributed by atoms with van der Waals surface area (Å²) in [7, 11) is 0. The van der Waals surface area contributed by atoms with Crippen LogP contribution in [0.4, 0.5) is 0 Å². The lowest BCUT2D eigenvalue weighted by Gasteiger charge is -1.99. The van der Waals surface area contributed by atoms with Crippen LogP contribution in [-0.2, 0) is 14.3 Å². The van der Waals surface area contributed by atoms with Crippen molar-refractivity contribution in [3.63, 3.8) is 0 Å². The number of esters is 1. The van der Waals surface area contributed by atoms with Crippen molar-refractivity contribution < 1.29 is 19.4 Å². The number of rotatable bonds is 2. The van der Waals surface area contributed by atoms with Crippen molar-refractivity contribution in [1.82, 2.24) is 0 Å². The van der Waals surface area contributed by atoms with Gasteiger partial charge in [-0.1, -0.05) is 29.8 Å². The molecular weight excluding hydrogens is 232 g/mol. The Balaban J connectivity index is 2.39. The molecule has 4 heteroatoms. The number of aliphatic hydroxyl groups excluding tert-OH is 1. The smallest absolute Gasteiger partial charge is 0.351 e. The Morgan fingerprint density at radius 1 is 1.28 bits per heavy atom. The molecule has 1 aromatic rings. The van der Waals surface area contributed by atoms with Gasteiger partial charge in [-0.05, 0) is 25.5 Å². The van der Waals surface area contributed by atoms with E-state index in [4.69, 9.17) is 4.74 Å². The first-order valence-corrected chi connectivity index (χ1v) is 5.44. The summed E-state index contributed by atoms with van der Waals surface area (Å²) in [6.45, 7) is 3.17. The van der Waals surface area contributed by atoms with Gasteiger partial charge >= 0.3 is 5.97 Å². The molecule has 1 aliphatic rings. The van der Waals surface area contributed by atoms with Gasteiger partial charge in [-0.15, -0.1) is 0 Å². The Kier molecular flexibility index (Phi) is 3.02. The minimum absolute atomic E-state index is 0.00838. The number of carbonyl (C=O) groups excluding carboxylic acids is 2. The largest absolute Gasteiger partial charge is 0.504 e. The lowest BCUT2D eigenvalue weighted by molar-refractivity contribution is -0.134. The van der Waals surface area contributed by atoms with Crippen LogP contribution in [0.15, 0.2) is 41.4 Å². The van der Waals surface area contributed by atoms with Crippen LogP contribution >= 0.6 is 0 Å². The number of aryl methyl sites for hydroxylation is 1. The predicted molar refractivity (Wildman–Crippen MR) is 65.6 cm³/mol. The second-order valence-electron chi connectivity index (χ2n) is 4.09. The fraction of sp³-hybridized carbons (Fsp3) is 0.143. The molecule has 1 aromatic carbocycles. The number of cyclic esters (lactones) is 1. The van der Waals surface area contributed by atoms with Gasteiger partial charge in [0.15, 0.2) is 17.3 Å². The molecule has 2 rings (SSSR count). The van der Waals surface area contributed by atoms with Gasteiger partial charge in [0.05, 0.1) is 0 Å². The van der Waals surface area contributed by atoms with Crippen LogP contribution in [-0.4, -0.2) is 16.9 Å². The molecule has 0 spiro atoms. The third-order valence-electron chi connectivity index (χ3n) is 2.60. The fourth-order valence-electron chi connectivity index (χ4n) is 1.64. The number of hydrogen-bond acceptors (Lipinski definition) is 4. The van der Waals surface area contributed by atoms with Gasteiger partial charge < -0.3 is 9.84 Å². The van der Waals surface area contributed by atoms with Gasteiger partial charge in [-0.25, -0.2) is 4.79 Å². The molecule has 0 amide bonds. The van der Waals surface area contributed by atoms with Gasteiger partial charge in [0, 0.05) is 0 Å². The summed E-state index contributed by atoms with van der Waals surface area (Å²) in [4.78, 5) is 22.5. The second-order valence-corrected chi connectivity index (χ2v) is 4.09. The van der Waals surface area contributed by atoms with E-state index in [9.17, 15) is 14.7 Å². The molecule has 0 fully saturated rings. The second kappa shape index (κ2) is 4.49. The van der Waals surface area contributed by atoms with Crippen LogP contribution < -0.4 is 0 Å². The summed E-state index contributed by atoms with van der Waals surface area (Å²) in [5.74, 6) is -1.70. The average molecular weight is 244 g/mol. The zero-order valence-electron chi connectivity index (χ0n) is 10.1. The number of Topliss-reactive ketones (excluding diaryl/α,β-unsaturated/α-hetero) is 1. The normalized spacial score (nSPS) is 17.2. The molecule has 1 heterocycles. The molecule has 0 saturated heterocycles. The Morgan fingerprint density at radius 3 is 2.39 bits per heavy atom.